The van der Waals surface area contributed by atoms with Crippen molar-refractivity contribution in [3.05, 3.63) is 0 Å². The quantitative estimate of drug-likeness (QED) is 0.307. The van der Waals surface area contributed by atoms with E-state index in [1.165, 1.54) is 0 Å². The summed E-state index contributed by atoms with van der Waals surface area (Å²) in [6, 6.07) is 0. The Hall–Kier alpha value is -0.430. The molecule has 0 aliphatic rings. The number of aliphatic hydroxyl groups is 1. The van der Waals surface area contributed by atoms with Crippen LogP contribution in [-0.4, -0.2) is 39.6 Å². The monoisotopic (exact) mass is 200 g/mol. The Morgan fingerprint density at radius 3 is 1.92 bits per heavy atom. The zero-order chi connectivity index (χ0) is 9.72. The van der Waals surface area contributed by atoms with Crippen molar-refractivity contribution in [1.29, 1.82) is 0 Å². The summed E-state index contributed by atoms with van der Waals surface area (Å²) in [6.45, 7) is -0.954. The maximum absolute atomic E-state index is 10.6. The van der Waals surface area contributed by atoms with Crippen LogP contribution in [0.1, 0.15) is 7.85 Å². The summed E-state index contributed by atoms with van der Waals surface area (Å²) in [5.74, 6) is -5.56. The second kappa shape index (κ2) is 7.02. The molecule has 7 heteroatoms. The molecule has 0 rings (SSSR count). The molecule has 0 amide bonds. The van der Waals surface area contributed by atoms with E-state index in [-0.39, 0.29) is 31.0 Å². The number of aliphatic hydroxyl groups excluding tert-OH is 1. The van der Waals surface area contributed by atoms with E-state index in [0.717, 1.165) is 0 Å². The Bertz CT molecular complexity index is 218. The van der Waals surface area contributed by atoms with Crippen LogP contribution < -0.4 is 29.6 Å². The first-order chi connectivity index (χ1) is 5.49. The van der Waals surface area contributed by atoms with Gasteiger partial charge >= 0.3 is 41.5 Å². The predicted octanol–water partition coefficient (Wildman–Crippen LogP) is -4.16. The summed E-state index contributed by atoms with van der Waals surface area (Å²) in [5.41, 5.74) is 0. The van der Waals surface area contributed by atoms with E-state index in [2.05, 4.69) is 0 Å². The van der Waals surface area contributed by atoms with E-state index >= 15 is 0 Å². The van der Waals surface area contributed by atoms with Crippen molar-refractivity contribution in [2.75, 3.05) is 6.61 Å². The molecule has 13 heavy (non-hydrogen) atoms. The van der Waals surface area contributed by atoms with Crippen LogP contribution in [0.25, 0.3) is 0 Å². The summed E-state index contributed by atoms with van der Waals surface area (Å²) in [4.78, 5) is 30.9. The van der Waals surface area contributed by atoms with Gasteiger partial charge in [0.2, 0.25) is 0 Å². The first-order valence-electron chi connectivity index (χ1n) is 3.07. The molecule has 0 fully saturated rings. The Morgan fingerprint density at radius 2 is 1.69 bits per heavy atom. The number of carbonyl (C=O) groups is 3. The van der Waals surface area contributed by atoms with Gasteiger partial charge in [-0.05, 0) is 0 Å². The molecule has 0 aromatic heterocycles. The molecule has 0 spiro atoms. The third-order valence-corrected chi connectivity index (χ3v) is 1.22. The first-order valence-corrected chi connectivity index (χ1v) is 3.07. The number of hydrogen-bond donors (Lipinski definition) is 3. The van der Waals surface area contributed by atoms with Crippen LogP contribution in [0.2, 0.25) is 0 Å². The van der Waals surface area contributed by atoms with Crippen molar-refractivity contribution in [2.24, 2.45) is 5.92 Å². The first kappa shape index (κ1) is 15.1. The van der Waals surface area contributed by atoms with E-state index in [4.69, 9.17) is 15.3 Å². The number of ketones is 1. The standard InChI is InChI=1S/C6H8O6.Na.H/c7-2-4(8)3(6(11)12)1-5(9)10;;/h3,7H,1-2H2,(H,9,10)(H,11,12);;/q;+1;-1. The van der Waals surface area contributed by atoms with Crippen molar-refractivity contribution < 1.29 is 60.7 Å². The molecular formula is C6H9NaO6. The van der Waals surface area contributed by atoms with Crippen LogP contribution in [0.5, 0.6) is 0 Å². The van der Waals surface area contributed by atoms with Crippen LogP contribution >= 0.6 is 0 Å². The van der Waals surface area contributed by atoms with Gasteiger partial charge in [0.25, 0.3) is 0 Å². The minimum Gasteiger partial charge on any atom is -1.00 e. The molecule has 70 valence electrons. The zero-order valence-corrected chi connectivity index (χ0v) is 9.06. The van der Waals surface area contributed by atoms with Crippen molar-refractivity contribution in [3.8, 4) is 0 Å². The third-order valence-electron chi connectivity index (χ3n) is 1.22. The molecule has 3 N–H and O–H groups in total. The van der Waals surface area contributed by atoms with Gasteiger partial charge in [-0.2, -0.15) is 0 Å². The molecular weight excluding hydrogens is 191 g/mol. The Morgan fingerprint density at radius 1 is 1.23 bits per heavy atom. The van der Waals surface area contributed by atoms with E-state index < -0.39 is 36.7 Å². The number of Topliss-reactive ketones (excluding diaryl/α,β-unsaturated/α-hetero) is 1. The summed E-state index contributed by atoms with van der Waals surface area (Å²) in [5, 5.41) is 24.8. The van der Waals surface area contributed by atoms with Crippen molar-refractivity contribution in [1.82, 2.24) is 0 Å². The fourth-order valence-electron chi connectivity index (χ4n) is 0.624. The molecule has 6 nitrogen and oxygen atoms in total. The van der Waals surface area contributed by atoms with E-state index in [1.54, 1.807) is 0 Å². The van der Waals surface area contributed by atoms with Crippen LogP contribution in [-0.2, 0) is 14.4 Å². The third kappa shape index (κ3) is 5.75. The van der Waals surface area contributed by atoms with Crippen LogP contribution in [0, 0.1) is 5.92 Å². The van der Waals surface area contributed by atoms with Gasteiger partial charge in [0.05, 0.1) is 6.42 Å². The van der Waals surface area contributed by atoms with Crippen LogP contribution in [0.15, 0.2) is 0 Å². The maximum Gasteiger partial charge on any atom is 1.00 e. The second-order valence-electron chi connectivity index (χ2n) is 2.11. The van der Waals surface area contributed by atoms with E-state index in [0.29, 0.717) is 0 Å². The normalized spacial score (nSPS) is 11.2. The van der Waals surface area contributed by atoms with Crippen molar-refractivity contribution in [2.45, 2.75) is 6.42 Å². The van der Waals surface area contributed by atoms with E-state index in [9.17, 15) is 14.4 Å². The molecule has 0 aliphatic carbocycles. The number of carbonyl (C=O) groups excluding carboxylic acids is 1. The summed E-state index contributed by atoms with van der Waals surface area (Å²) in [6.07, 6.45) is -0.797. The average molecular weight is 200 g/mol. The molecule has 0 radical (unpaired) electrons. The summed E-state index contributed by atoms with van der Waals surface area (Å²) in [7, 11) is 0. The van der Waals surface area contributed by atoms with Crippen LogP contribution in [0.3, 0.4) is 0 Å². The molecule has 0 aliphatic heterocycles. The Kier molecular flexibility index (Phi) is 8.13. The predicted molar refractivity (Wildman–Crippen MR) is 36.6 cm³/mol. The molecule has 0 heterocycles. The Balaban J connectivity index is -0.000000605. The van der Waals surface area contributed by atoms with Gasteiger partial charge < -0.3 is 16.7 Å². The van der Waals surface area contributed by atoms with Gasteiger partial charge in [-0.1, -0.05) is 0 Å². The average Bonchev–Trinajstić information content (AvgIpc) is 1.98. The number of hydrogen-bond acceptors (Lipinski definition) is 4. The van der Waals surface area contributed by atoms with Crippen molar-refractivity contribution in [3.63, 3.8) is 0 Å². The van der Waals surface area contributed by atoms with Gasteiger partial charge in [-0.3, -0.25) is 14.4 Å². The largest absolute Gasteiger partial charge is 1.00 e. The molecule has 1 unspecified atom stereocenters. The SMILES string of the molecule is O=C(O)CC(C(=O)O)C(=O)CO.[H-].[Na+]. The zero-order valence-electron chi connectivity index (χ0n) is 8.06. The molecule has 0 bridgehead atoms. The second-order valence-corrected chi connectivity index (χ2v) is 2.11. The number of carboxylic acid groups (broad SMARTS) is 2. The molecule has 0 aromatic carbocycles. The summed E-state index contributed by atoms with van der Waals surface area (Å²) >= 11 is 0. The van der Waals surface area contributed by atoms with Gasteiger partial charge in [-0.15, -0.1) is 0 Å². The molecule has 1 atom stereocenters. The minimum atomic E-state index is -1.65. The van der Waals surface area contributed by atoms with Gasteiger partial charge in [-0.25, -0.2) is 0 Å². The Labute approximate surface area is 97.3 Å². The fraction of sp³-hybridized carbons (Fsp3) is 0.500. The maximum atomic E-state index is 10.6. The smallest absolute Gasteiger partial charge is 1.00 e. The molecule has 0 aromatic rings. The topological polar surface area (TPSA) is 112 Å². The molecule has 0 saturated carbocycles. The molecule has 0 saturated heterocycles. The fourth-order valence-corrected chi connectivity index (χ4v) is 0.624. The van der Waals surface area contributed by atoms with E-state index in [1.807, 2.05) is 0 Å². The summed E-state index contributed by atoms with van der Waals surface area (Å²) < 4.78 is 0. The van der Waals surface area contributed by atoms with Gasteiger partial charge in [0, 0.05) is 0 Å². The van der Waals surface area contributed by atoms with Gasteiger partial charge in [0.15, 0.2) is 5.78 Å². The number of carboxylic acids is 2. The minimum absolute atomic E-state index is 0. The van der Waals surface area contributed by atoms with Crippen molar-refractivity contribution >= 4 is 17.7 Å². The van der Waals surface area contributed by atoms with Gasteiger partial charge in [0.1, 0.15) is 12.5 Å². The number of aliphatic carboxylic acids is 2. The number of rotatable bonds is 5. The van der Waals surface area contributed by atoms with Crippen LogP contribution in [0.4, 0.5) is 0 Å².